The molecule has 1 unspecified atom stereocenters. The molecule has 11 heavy (non-hydrogen) atoms. The monoisotopic (exact) mass is 173 g/mol. The Bertz CT molecular complexity index is 102. The first kappa shape index (κ1) is 9.40. The highest BCUT2D eigenvalue weighted by atomic mass is 32.2. The third-order valence-corrected chi connectivity index (χ3v) is 3.41. The van der Waals surface area contributed by atoms with Crippen molar-refractivity contribution in [2.24, 2.45) is 11.7 Å². The fraction of sp³-hybridized carbons (Fsp3) is 1.00. The molecule has 0 heterocycles. The smallest absolute Gasteiger partial charge is 0.0127 e. The van der Waals surface area contributed by atoms with Crippen LogP contribution in [0.25, 0.3) is 0 Å². The molecule has 0 saturated heterocycles. The SMILES string of the molecule is CCC(N)CSCCC1CC1. The number of hydrogen-bond acceptors (Lipinski definition) is 2. The number of hydrogen-bond donors (Lipinski definition) is 1. The second kappa shape index (κ2) is 5.04. The quantitative estimate of drug-likeness (QED) is 0.623. The van der Waals surface area contributed by atoms with Crippen molar-refractivity contribution in [1.29, 1.82) is 0 Å². The summed E-state index contributed by atoms with van der Waals surface area (Å²) in [6.07, 6.45) is 5.53. The molecule has 1 aliphatic rings. The van der Waals surface area contributed by atoms with Crippen molar-refractivity contribution >= 4 is 11.8 Å². The van der Waals surface area contributed by atoms with E-state index in [-0.39, 0.29) is 0 Å². The number of thioether (sulfide) groups is 1. The molecule has 1 rings (SSSR count). The van der Waals surface area contributed by atoms with Gasteiger partial charge in [-0.1, -0.05) is 19.8 Å². The van der Waals surface area contributed by atoms with Gasteiger partial charge in [-0.05, 0) is 24.5 Å². The topological polar surface area (TPSA) is 26.0 Å². The normalized spacial score (nSPS) is 20.2. The first-order valence-electron chi connectivity index (χ1n) is 4.66. The second-order valence-electron chi connectivity index (χ2n) is 3.48. The molecule has 1 saturated carbocycles. The summed E-state index contributed by atoms with van der Waals surface area (Å²) in [5, 5.41) is 0. The van der Waals surface area contributed by atoms with Crippen molar-refractivity contribution in [3.8, 4) is 0 Å². The van der Waals surface area contributed by atoms with Crippen LogP contribution < -0.4 is 5.73 Å². The molecule has 0 amide bonds. The lowest BCUT2D eigenvalue weighted by Gasteiger charge is -2.06. The van der Waals surface area contributed by atoms with Crippen molar-refractivity contribution in [3.63, 3.8) is 0 Å². The average Bonchev–Trinajstić information content (AvgIpc) is 2.81. The zero-order chi connectivity index (χ0) is 8.10. The Morgan fingerprint density at radius 2 is 2.27 bits per heavy atom. The highest BCUT2D eigenvalue weighted by Crippen LogP contribution is 2.33. The molecule has 1 fully saturated rings. The Morgan fingerprint density at radius 3 is 2.82 bits per heavy atom. The third kappa shape index (κ3) is 4.70. The van der Waals surface area contributed by atoms with Gasteiger partial charge in [-0.25, -0.2) is 0 Å². The van der Waals surface area contributed by atoms with Gasteiger partial charge >= 0.3 is 0 Å². The zero-order valence-electron chi connectivity index (χ0n) is 7.38. The molecule has 0 radical (unpaired) electrons. The van der Waals surface area contributed by atoms with Gasteiger partial charge in [0.05, 0.1) is 0 Å². The molecule has 1 aliphatic carbocycles. The molecular formula is C9H19NS. The molecule has 0 aromatic heterocycles. The first-order chi connectivity index (χ1) is 5.33. The Morgan fingerprint density at radius 1 is 1.55 bits per heavy atom. The van der Waals surface area contributed by atoms with Crippen LogP contribution in [0.2, 0.25) is 0 Å². The van der Waals surface area contributed by atoms with Crippen LogP contribution in [0.3, 0.4) is 0 Å². The van der Waals surface area contributed by atoms with Gasteiger partial charge < -0.3 is 5.73 Å². The van der Waals surface area contributed by atoms with E-state index in [1.807, 2.05) is 11.8 Å². The van der Waals surface area contributed by atoms with Crippen molar-refractivity contribution in [3.05, 3.63) is 0 Å². The van der Waals surface area contributed by atoms with Gasteiger partial charge in [0.1, 0.15) is 0 Å². The first-order valence-corrected chi connectivity index (χ1v) is 5.81. The lowest BCUT2D eigenvalue weighted by Crippen LogP contribution is -2.21. The predicted octanol–water partition coefficient (Wildman–Crippen LogP) is 2.26. The number of rotatable bonds is 6. The molecule has 0 aromatic carbocycles. The van der Waals surface area contributed by atoms with Crippen molar-refractivity contribution in [2.45, 2.75) is 38.6 Å². The molecule has 0 bridgehead atoms. The summed E-state index contributed by atoms with van der Waals surface area (Å²) in [4.78, 5) is 0. The van der Waals surface area contributed by atoms with Crippen LogP contribution in [0.4, 0.5) is 0 Å². The van der Waals surface area contributed by atoms with Crippen LogP contribution in [0.1, 0.15) is 32.6 Å². The van der Waals surface area contributed by atoms with E-state index in [0.717, 1.165) is 18.1 Å². The van der Waals surface area contributed by atoms with E-state index in [1.54, 1.807) is 0 Å². The highest BCUT2D eigenvalue weighted by molar-refractivity contribution is 7.99. The van der Waals surface area contributed by atoms with Gasteiger partial charge in [-0.2, -0.15) is 11.8 Å². The minimum atomic E-state index is 0.430. The maximum Gasteiger partial charge on any atom is 0.0127 e. The zero-order valence-corrected chi connectivity index (χ0v) is 8.20. The van der Waals surface area contributed by atoms with Crippen LogP contribution in [0.15, 0.2) is 0 Å². The second-order valence-corrected chi connectivity index (χ2v) is 4.63. The minimum Gasteiger partial charge on any atom is -0.327 e. The molecule has 0 aromatic rings. The minimum absolute atomic E-state index is 0.430. The van der Waals surface area contributed by atoms with Crippen LogP contribution in [0.5, 0.6) is 0 Å². The molecule has 2 N–H and O–H groups in total. The lowest BCUT2D eigenvalue weighted by atomic mass is 10.3. The summed E-state index contributed by atoms with van der Waals surface area (Å²) >= 11 is 2.03. The van der Waals surface area contributed by atoms with Gasteiger partial charge in [0.2, 0.25) is 0 Å². The van der Waals surface area contributed by atoms with Crippen molar-refractivity contribution < 1.29 is 0 Å². The van der Waals surface area contributed by atoms with Crippen LogP contribution >= 0.6 is 11.8 Å². The number of nitrogens with two attached hydrogens (primary N) is 1. The maximum atomic E-state index is 5.78. The van der Waals surface area contributed by atoms with Crippen LogP contribution in [-0.4, -0.2) is 17.5 Å². The Labute approximate surface area is 74.1 Å². The Balaban J connectivity index is 1.79. The summed E-state index contributed by atoms with van der Waals surface area (Å²) in [6, 6.07) is 0.430. The summed E-state index contributed by atoms with van der Waals surface area (Å²) in [6.45, 7) is 2.16. The van der Waals surface area contributed by atoms with E-state index >= 15 is 0 Å². The Kier molecular flexibility index (Phi) is 4.31. The molecular weight excluding hydrogens is 154 g/mol. The van der Waals surface area contributed by atoms with Crippen LogP contribution in [0, 0.1) is 5.92 Å². The van der Waals surface area contributed by atoms with Gasteiger partial charge in [0.15, 0.2) is 0 Å². The van der Waals surface area contributed by atoms with E-state index in [0.29, 0.717) is 6.04 Å². The van der Waals surface area contributed by atoms with Crippen LogP contribution in [-0.2, 0) is 0 Å². The van der Waals surface area contributed by atoms with Gasteiger partial charge in [0, 0.05) is 11.8 Å². The third-order valence-electron chi connectivity index (χ3n) is 2.22. The highest BCUT2D eigenvalue weighted by Gasteiger charge is 2.20. The van der Waals surface area contributed by atoms with E-state index in [1.165, 1.54) is 25.0 Å². The van der Waals surface area contributed by atoms with Gasteiger partial charge in [-0.15, -0.1) is 0 Å². The van der Waals surface area contributed by atoms with Gasteiger partial charge in [0.25, 0.3) is 0 Å². The van der Waals surface area contributed by atoms with E-state index in [9.17, 15) is 0 Å². The molecule has 66 valence electrons. The van der Waals surface area contributed by atoms with E-state index < -0.39 is 0 Å². The lowest BCUT2D eigenvalue weighted by molar-refractivity contribution is 0.723. The maximum absolute atomic E-state index is 5.78. The van der Waals surface area contributed by atoms with E-state index in [4.69, 9.17) is 5.73 Å². The van der Waals surface area contributed by atoms with Crippen molar-refractivity contribution in [2.75, 3.05) is 11.5 Å². The molecule has 1 atom stereocenters. The summed E-state index contributed by atoms with van der Waals surface area (Å²) < 4.78 is 0. The van der Waals surface area contributed by atoms with Crippen molar-refractivity contribution in [1.82, 2.24) is 0 Å². The fourth-order valence-corrected chi connectivity index (χ4v) is 2.21. The largest absolute Gasteiger partial charge is 0.327 e. The fourth-order valence-electron chi connectivity index (χ4n) is 1.01. The standard InChI is InChI=1S/C9H19NS/c1-2-9(10)7-11-6-5-8-3-4-8/h8-9H,2-7,10H2,1H3. The predicted molar refractivity (Wildman–Crippen MR) is 52.9 cm³/mol. The van der Waals surface area contributed by atoms with E-state index in [2.05, 4.69) is 6.92 Å². The molecule has 0 aliphatic heterocycles. The summed E-state index contributed by atoms with van der Waals surface area (Å²) in [5.41, 5.74) is 5.78. The Hall–Kier alpha value is 0.310. The molecule has 0 spiro atoms. The average molecular weight is 173 g/mol. The molecule has 2 heteroatoms. The van der Waals surface area contributed by atoms with Gasteiger partial charge in [-0.3, -0.25) is 0 Å². The molecule has 1 nitrogen and oxygen atoms in total. The summed E-state index contributed by atoms with van der Waals surface area (Å²) in [7, 11) is 0. The summed E-state index contributed by atoms with van der Waals surface area (Å²) in [5.74, 6) is 3.57.